The Labute approximate surface area is 147 Å². The topological polar surface area (TPSA) is 59.4 Å². The summed E-state index contributed by atoms with van der Waals surface area (Å²) in [6.45, 7) is 5.07. The molecule has 0 saturated heterocycles. The predicted molar refractivity (Wildman–Crippen MR) is 89.1 cm³/mol. The van der Waals surface area contributed by atoms with Crippen LogP contribution in [-0.4, -0.2) is 35.1 Å². The number of benzene rings is 1. The van der Waals surface area contributed by atoms with E-state index in [0.717, 1.165) is 5.82 Å². The Balaban J connectivity index is 1.77. The number of carbonyl (C=O) groups excluding carboxylic acids is 1. The number of alkyl halides is 3. The Bertz CT molecular complexity index is 786. The molecule has 3 rings (SSSR count). The van der Waals surface area contributed by atoms with E-state index in [1.165, 1.54) is 18.2 Å². The van der Waals surface area contributed by atoms with Crippen molar-refractivity contribution in [2.45, 2.75) is 12.9 Å². The Morgan fingerprint density at radius 2 is 2.04 bits per heavy atom. The van der Waals surface area contributed by atoms with E-state index in [-0.39, 0.29) is 17.6 Å². The highest BCUT2D eigenvalue weighted by Gasteiger charge is 2.31. The third kappa shape index (κ3) is 4.16. The van der Waals surface area contributed by atoms with Crippen molar-refractivity contribution >= 4 is 17.4 Å². The molecule has 1 aromatic heterocycles. The lowest BCUT2D eigenvalue weighted by molar-refractivity contribution is -0.274. The van der Waals surface area contributed by atoms with Gasteiger partial charge in [-0.25, -0.2) is 4.68 Å². The first-order chi connectivity index (χ1) is 12.4. The first-order valence-corrected chi connectivity index (χ1v) is 7.91. The third-order valence-electron chi connectivity index (χ3n) is 3.97. The van der Waals surface area contributed by atoms with Gasteiger partial charge in [0.2, 0.25) is 5.91 Å². The summed E-state index contributed by atoms with van der Waals surface area (Å²) < 4.78 is 42.6. The lowest BCUT2D eigenvalue weighted by Gasteiger charge is -2.34. The molecule has 0 unspecified atom stereocenters. The van der Waals surface area contributed by atoms with E-state index in [2.05, 4.69) is 21.7 Å². The highest BCUT2D eigenvalue weighted by molar-refractivity contribution is 5.86. The number of amides is 1. The zero-order chi connectivity index (χ0) is 18.7. The van der Waals surface area contributed by atoms with E-state index in [1.54, 1.807) is 23.0 Å². The Kier molecular flexibility index (Phi) is 4.88. The van der Waals surface area contributed by atoms with Crippen molar-refractivity contribution in [1.82, 2.24) is 15.1 Å². The van der Waals surface area contributed by atoms with Gasteiger partial charge in [0.25, 0.3) is 0 Å². The van der Waals surface area contributed by atoms with E-state index < -0.39 is 6.36 Å². The number of aromatic nitrogens is 2. The van der Waals surface area contributed by atoms with Gasteiger partial charge in [0.1, 0.15) is 11.6 Å². The van der Waals surface area contributed by atoms with Crippen LogP contribution in [-0.2, 0) is 11.3 Å². The van der Waals surface area contributed by atoms with Gasteiger partial charge < -0.3 is 15.0 Å². The maximum Gasteiger partial charge on any atom is 0.573 e. The average molecular weight is 366 g/mol. The van der Waals surface area contributed by atoms with Gasteiger partial charge in [0, 0.05) is 37.3 Å². The number of hydrogen-bond donors (Lipinski definition) is 1. The van der Waals surface area contributed by atoms with E-state index in [9.17, 15) is 18.0 Å². The molecule has 26 heavy (non-hydrogen) atoms. The van der Waals surface area contributed by atoms with Crippen LogP contribution in [0.1, 0.15) is 0 Å². The Morgan fingerprint density at radius 3 is 2.69 bits per heavy atom. The maximum atomic E-state index is 12.3. The summed E-state index contributed by atoms with van der Waals surface area (Å²) in [6, 6.07) is 7.49. The van der Waals surface area contributed by atoms with Gasteiger partial charge in [0.05, 0.1) is 6.20 Å². The average Bonchev–Trinajstić information content (AvgIpc) is 3.06. The molecular formula is C17H17F3N4O2. The zero-order valence-electron chi connectivity index (χ0n) is 13.7. The second-order valence-electron chi connectivity index (χ2n) is 5.84. The number of nitrogens with one attached hydrogen (secondary N) is 1. The minimum atomic E-state index is -4.72. The fourth-order valence-corrected chi connectivity index (χ4v) is 2.86. The van der Waals surface area contributed by atoms with Crippen molar-refractivity contribution in [3.63, 3.8) is 0 Å². The van der Waals surface area contributed by atoms with Crippen LogP contribution >= 0.6 is 0 Å². The molecule has 1 aromatic carbocycles. The van der Waals surface area contributed by atoms with Gasteiger partial charge in [-0.1, -0.05) is 6.58 Å². The van der Waals surface area contributed by atoms with Crippen LogP contribution in [0, 0.1) is 5.92 Å². The molecule has 138 valence electrons. The minimum Gasteiger partial charge on any atom is -0.406 e. The molecular weight excluding hydrogens is 349 g/mol. The largest absolute Gasteiger partial charge is 0.573 e. The quantitative estimate of drug-likeness (QED) is 0.827. The van der Waals surface area contributed by atoms with Crippen LogP contribution in [0.15, 0.2) is 49.2 Å². The van der Waals surface area contributed by atoms with Gasteiger partial charge in [-0.3, -0.25) is 4.79 Å². The fraction of sp³-hybridized carbons (Fsp3) is 0.294. The second kappa shape index (κ2) is 7.11. The van der Waals surface area contributed by atoms with E-state index in [1.807, 2.05) is 11.0 Å². The van der Waals surface area contributed by atoms with Gasteiger partial charge in [-0.2, -0.15) is 5.10 Å². The molecule has 1 aliphatic heterocycles. The van der Waals surface area contributed by atoms with Crippen molar-refractivity contribution in [2.24, 2.45) is 5.92 Å². The van der Waals surface area contributed by atoms with E-state index >= 15 is 0 Å². The summed E-state index contributed by atoms with van der Waals surface area (Å²) in [5, 5.41) is 7.03. The number of hydrogen-bond acceptors (Lipinski definition) is 4. The molecule has 1 N–H and O–H groups in total. The highest BCUT2D eigenvalue weighted by Crippen LogP contribution is 2.32. The SMILES string of the molecule is C=CC(=O)NC[C@H]1CN(c2ccc(OC(F)(F)F)cc2)c2ccnn2C1. The summed E-state index contributed by atoms with van der Waals surface area (Å²) in [5.74, 6) is 0.385. The smallest absolute Gasteiger partial charge is 0.406 e. The van der Waals surface area contributed by atoms with Crippen LogP contribution in [0.3, 0.4) is 0 Å². The zero-order valence-corrected chi connectivity index (χ0v) is 13.7. The number of rotatable bonds is 5. The van der Waals surface area contributed by atoms with E-state index in [4.69, 9.17) is 0 Å². The molecule has 1 atom stereocenters. The van der Waals surface area contributed by atoms with Crippen molar-refractivity contribution in [3.05, 3.63) is 49.2 Å². The molecule has 0 radical (unpaired) electrons. The molecule has 1 amide bonds. The van der Waals surface area contributed by atoms with Crippen LogP contribution in [0.5, 0.6) is 5.75 Å². The Morgan fingerprint density at radius 1 is 1.31 bits per heavy atom. The summed E-state index contributed by atoms with van der Waals surface area (Å²) in [6.07, 6.45) is -1.85. The highest BCUT2D eigenvalue weighted by atomic mass is 19.4. The van der Waals surface area contributed by atoms with Crippen LogP contribution in [0.25, 0.3) is 0 Å². The lowest BCUT2D eigenvalue weighted by atomic mass is 10.1. The summed E-state index contributed by atoms with van der Waals surface area (Å²) in [4.78, 5) is 13.3. The molecule has 0 bridgehead atoms. The molecule has 6 nitrogen and oxygen atoms in total. The summed E-state index contributed by atoms with van der Waals surface area (Å²) in [5.41, 5.74) is 0.709. The molecule has 1 aliphatic rings. The van der Waals surface area contributed by atoms with E-state index in [0.29, 0.717) is 25.3 Å². The monoisotopic (exact) mass is 366 g/mol. The van der Waals surface area contributed by atoms with Crippen LogP contribution < -0.4 is 15.0 Å². The third-order valence-corrected chi connectivity index (χ3v) is 3.97. The lowest BCUT2D eigenvalue weighted by Crippen LogP contribution is -2.41. The van der Waals surface area contributed by atoms with Crippen LogP contribution in [0.4, 0.5) is 24.7 Å². The van der Waals surface area contributed by atoms with Gasteiger partial charge in [0.15, 0.2) is 0 Å². The summed E-state index contributed by atoms with van der Waals surface area (Å²) >= 11 is 0. The first-order valence-electron chi connectivity index (χ1n) is 7.91. The minimum absolute atomic E-state index is 0.0809. The van der Waals surface area contributed by atoms with Crippen molar-refractivity contribution < 1.29 is 22.7 Å². The fourth-order valence-electron chi connectivity index (χ4n) is 2.86. The Hall–Kier alpha value is -2.97. The molecule has 2 aromatic rings. The molecule has 2 heterocycles. The molecule has 0 aliphatic carbocycles. The summed E-state index contributed by atoms with van der Waals surface area (Å²) in [7, 11) is 0. The van der Waals surface area contributed by atoms with Gasteiger partial charge in [-0.15, -0.1) is 13.2 Å². The molecule has 0 fully saturated rings. The normalized spacial score (nSPS) is 16.7. The molecule has 0 saturated carbocycles. The van der Waals surface area contributed by atoms with Crippen molar-refractivity contribution in [2.75, 3.05) is 18.0 Å². The van der Waals surface area contributed by atoms with Crippen LogP contribution in [0.2, 0.25) is 0 Å². The van der Waals surface area contributed by atoms with Crippen molar-refractivity contribution in [1.29, 1.82) is 0 Å². The molecule has 0 spiro atoms. The first kappa shape index (κ1) is 17.8. The number of fused-ring (bicyclic) bond motifs is 1. The number of nitrogens with zero attached hydrogens (tertiary/aromatic N) is 3. The standard InChI is InChI=1S/C17H17F3N4O2/c1-2-15(25)21-9-12-10-23(16-7-8-22-24(16)11-12)13-3-5-14(6-4-13)26-17(18,19)20/h2-8,12H,1,9-11H2,(H,21,25)/t12-/m0/s1. The second-order valence-corrected chi connectivity index (χ2v) is 5.84. The number of halogens is 3. The number of ether oxygens (including phenoxy) is 1. The number of anilines is 2. The number of carbonyl (C=O) groups is 1. The predicted octanol–water partition coefficient (Wildman–Crippen LogP) is 2.85. The van der Waals surface area contributed by atoms with Gasteiger partial charge >= 0.3 is 6.36 Å². The van der Waals surface area contributed by atoms with Gasteiger partial charge in [-0.05, 0) is 30.3 Å². The van der Waals surface area contributed by atoms with Crippen molar-refractivity contribution in [3.8, 4) is 5.75 Å². The maximum absolute atomic E-state index is 12.3. The molecule has 9 heteroatoms.